The van der Waals surface area contributed by atoms with Gasteiger partial charge in [-0.2, -0.15) is 5.10 Å². The maximum Gasteiger partial charge on any atom is 0.300 e. The number of aromatic nitrogens is 3. The van der Waals surface area contributed by atoms with Crippen LogP contribution in [0.4, 0.5) is 5.69 Å². The van der Waals surface area contributed by atoms with Gasteiger partial charge >= 0.3 is 0 Å². The lowest BCUT2D eigenvalue weighted by Crippen LogP contribution is -2.22. The Kier molecular flexibility index (Phi) is 5.46. The molecule has 1 fully saturated rings. The second-order valence-corrected chi connectivity index (χ2v) is 6.51. The van der Waals surface area contributed by atoms with Crippen LogP contribution in [-0.2, 0) is 11.8 Å². The Morgan fingerprint density at radius 1 is 1.44 bits per heavy atom. The average Bonchev–Trinajstić information content (AvgIpc) is 3.07. The van der Waals surface area contributed by atoms with Crippen molar-refractivity contribution in [3.05, 3.63) is 30.6 Å². The SMILES string of the molecule is Cn1cnc(-c2cccc(NC(=O)C#C[C@@H]3CCC[C@H](CN)C3)c2)n1. The van der Waals surface area contributed by atoms with E-state index in [1.54, 1.807) is 11.0 Å². The summed E-state index contributed by atoms with van der Waals surface area (Å²) >= 11 is 0. The fourth-order valence-corrected chi connectivity index (χ4v) is 3.17. The Balaban J connectivity index is 1.63. The van der Waals surface area contributed by atoms with Gasteiger partial charge in [0.25, 0.3) is 5.91 Å². The average molecular weight is 337 g/mol. The second kappa shape index (κ2) is 7.95. The first-order valence-corrected chi connectivity index (χ1v) is 8.62. The smallest absolute Gasteiger partial charge is 0.300 e. The predicted octanol–water partition coefficient (Wildman–Crippen LogP) is 2.19. The summed E-state index contributed by atoms with van der Waals surface area (Å²) in [4.78, 5) is 16.3. The molecule has 1 saturated carbocycles. The van der Waals surface area contributed by atoms with Crippen LogP contribution in [0.5, 0.6) is 0 Å². The lowest BCUT2D eigenvalue weighted by Gasteiger charge is -2.24. The number of nitrogens with two attached hydrogens (primary N) is 1. The van der Waals surface area contributed by atoms with Gasteiger partial charge in [-0.1, -0.05) is 24.5 Å². The Hall–Kier alpha value is -2.65. The minimum absolute atomic E-state index is 0.275. The Labute approximate surface area is 147 Å². The van der Waals surface area contributed by atoms with Crippen LogP contribution in [-0.4, -0.2) is 27.2 Å². The second-order valence-electron chi connectivity index (χ2n) is 6.51. The molecule has 0 saturated heterocycles. The van der Waals surface area contributed by atoms with Gasteiger partial charge in [0.05, 0.1) is 0 Å². The van der Waals surface area contributed by atoms with Gasteiger partial charge < -0.3 is 11.1 Å². The van der Waals surface area contributed by atoms with E-state index in [0.717, 1.165) is 24.8 Å². The number of anilines is 1. The molecule has 3 N–H and O–H groups in total. The first-order valence-electron chi connectivity index (χ1n) is 8.62. The van der Waals surface area contributed by atoms with Gasteiger partial charge in [0, 0.05) is 24.2 Å². The van der Waals surface area contributed by atoms with Gasteiger partial charge in [-0.05, 0) is 49.8 Å². The van der Waals surface area contributed by atoms with Crippen molar-refractivity contribution in [3.63, 3.8) is 0 Å². The number of nitrogens with one attached hydrogen (secondary N) is 1. The maximum atomic E-state index is 12.1. The van der Waals surface area contributed by atoms with Gasteiger partial charge in [0.1, 0.15) is 6.33 Å². The molecule has 6 nitrogen and oxygen atoms in total. The molecule has 1 aromatic carbocycles. The fraction of sp³-hybridized carbons (Fsp3) is 0.421. The normalized spacial score (nSPS) is 19.8. The minimum Gasteiger partial charge on any atom is -0.330 e. The van der Waals surface area contributed by atoms with Crippen LogP contribution in [0.1, 0.15) is 25.7 Å². The van der Waals surface area contributed by atoms with Crippen molar-refractivity contribution in [2.45, 2.75) is 25.7 Å². The van der Waals surface area contributed by atoms with Crippen LogP contribution in [0.15, 0.2) is 30.6 Å². The highest BCUT2D eigenvalue weighted by molar-refractivity contribution is 6.04. The number of rotatable bonds is 3. The van der Waals surface area contributed by atoms with E-state index in [-0.39, 0.29) is 11.8 Å². The maximum absolute atomic E-state index is 12.1. The molecule has 1 aliphatic carbocycles. The lowest BCUT2D eigenvalue weighted by molar-refractivity contribution is -0.111. The third-order valence-corrected chi connectivity index (χ3v) is 4.48. The third-order valence-electron chi connectivity index (χ3n) is 4.48. The molecule has 0 spiro atoms. The summed E-state index contributed by atoms with van der Waals surface area (Å²) in [6, 6.07) is 7.45. The summed E-state index contributed by atoms with van der Waals surface area (Å²) in [7, 11) is 1.82. The van der Waals surface area contributed by atoms with Crippen molar-refractivity contribution in [1.82, 2.24) is 14.8 Å². The van der Waals surface area contributed by atoms with Crippen LogP contribution >= 0.6 is 0 Å². The number of nitrogens with zero attached hydrogens (tertiary/aromatic N) is 3. The molecule has 2 aromatic rings. The number of amides is 1. The van der Waals surface area contributed by atoms with Gasteiger partial charge in [-0.3, -0.25) is 9.48 Å². The van der Waals surface area contributed by atoms with E-state index in [4.69, 9.17) is 5.73 Å². The molecule has 0 unspecified atom stereocenters. The van der Waals surface area contributed by atoms with Crippen molar-refractivity contribution >= 4 is 11.6 Å². The summed E-state index contributed by atoms with van der Waals surface area (Å²) in [5, 5.41) is 7.09. The van der Waals surface area contributed by atoms with E-state index < -0.39 is 0 Å². The molecule has 1 amide bonds. The zero-order valence-electron chi connectivity index (χ0n) is 14.4. The van der Waals surface area contributed by atoms with Crippen molar-refractivity contribution in [2.24, 2.45) is 24.6 Å². The van der Waals surface area contributed by atoms with Gasteiger partial charge in [-0.25, -0.2) is 4.98 Å². The number of benzene rings is 1. The van der Waals surface area contributed by atoms with E-state index in [1.165, 1.54) is 6.42 Å². The molecule has 130 valence electrons. The zero-order valence-corrected chi connectivity index (χ0v) is 14.4. The largest absolute Gasteiger partial charge is 0.330 e. The highest BCUT2D eigenvalue weighted by atomic mass is 16.1. The molecule has 0 aliphatic heterocycles. The van der Waals surface area contributed by atoms with Crippen LogP contribution in [0.3, 0.4) is 0 Å². The molecule has 0 bridgehead atoms. The van der Waals surface area contributed by atoms with Gasteiger partial charge in [0.2, 0.25) is 0 Å². The van der Waals surface area contributed by atoms with E-state index in [9.17, 15) is 4.79 Å². The first kappa shape index (κ1) is 17.2. The van der Waals surface area contributed by atoms with E-state index in [1.807, 2.05) is 31.3 Å². The zero-order chi connectivity index (χ0) is 17.6. The van der Waals surface area contributed by atoms with Crippen molar-refractivity contribution < 1.29 is 4.79 Å². The van der Waals surface area contributed by atoms with E-state index in [2.05, 4.69) is 27.2 Å². The Morgan fingerprint density at radius 2 is 2.32 bits per heavy atom. The number of carbonyl (C=O) groups is 1. The number of carbonyl (C=O) groups excluding carboxylic acids is 1. The van der Waals surface area contributed by atoms with Crippen molar-refractivity contribution in [2.75, 3.05) is 11.9 Å². The molecule has 1 aromatic heterocycles. The van der Waals surface area contributed by atoms with Crippen molar-refractivity contribution in [1.29, 1.82) is 0 Å². The molecular formula is C19H23N5O. The molecule has 2 atom stereocenters. The van der Waals surface area contributed by atoms with E-state index >= 15 is 0 Å². The molecule has 3 rings (SSSR count). The van der Waals surface area contributed by atoms with Crippen molar-refractivity contribution in [3.8, 4) is 23.2 Å². The molecular weight excluding hydrogens is 314 g/mol. The van der Waals surface area contributed by atoms with Crippen LogP contribution < -0.4 is 11.1 Å². The summed E-state index contributed by atoms with van der Waals surface area (Å²) < 4.78 is 1.64. The van der Waals surface area contributed by atoms with Crippen LogP contribution in [0.2, 0.25) is 0 Å². The molecule has 0 radical (unpaired) electrons. The highest BCUT2D eigenvalue weighted by Gasteiger charge is 2.19. The summed E-state index contributed by atoms with van der Waals surface area (Å²) in [6.45, 7) is 0.707. The quantitative estimate of drug-likeness (QED) is 0.841. The minimum atomic E-state index is -0.291. The predicted molar refractivity (Wildman–Crippen MR) is 97.3 cm³/mol. The lowest BCUT2D eigenvalue weighted by atomic mass is 9.82. The van der Waals surface area contributed by atoms with Crippen LogP contribution in [0, 0.1) is 23.7 Å². The topological polar surface area (TPSA) is 85.8 Å². The molecule has 25 heavy (non-hydrogen) atoms. The summed E-state index contributed by atoms with van der Waals surface area (Å²) in [5.41, 5.74) is 7.29. The first-order chi connectivity index (χ1) is 12.1. The summed E-state index contributed by atoms with van der Waals surface area (Å²) in [5.74, 6) is 6.99. The van der Waals surface area contributed by atoms with E-state index in [0.29, 0.717) is 24.0 Å². The number of hydrogen-bond donors (Lipinski definition) is 2. The summed E-state index contributed by atoms with van der Waals surface area (Å²) in [6.07, 6.45) is 6.01. The van der Waals surface area contributed by atoms with Gasteiger partial charge in [0.15, 0.2) is 5.82 Å². The molecule has 1 aliphatic rings. The standard InChI is InChI=1S/C19H23N5O/c1-24-13-21-19(23-24)16-6-3-7-17(11-16)22-18(25)9-8-14-4-2-5-15(10-14)12-20/h3,6-7,11,13-15H,2,4-5,10,12,20H2,1H3,(H,22,25)/t14-,15-/m0/s1. The Morgan fingerprint density at radius 3 is 3.08 bits per heavy atom. The third kappa shape index (κ3) is 4.68. The molecule has 6 heteroatoms. The number of aryl methyl sites for hydroxylation is 1. The number of hydrogen-bond acceptors (Lipinski definition) is 4. The molecule has 1 heterocycles. The highest BCUT2D eigenvalue weighted by Crippen LogP contribution is 2.27. The van der Waals surface area contributed by atoms with Gasteiger partial charge in [-0.15, -0.1) is 0 Å². The van der Waals surface area contributed by atoms with Crippen LogP contribution in [0.25, 0.3) is 11.4 Å². The monoisotopic (exact) mass is 337 g/mol. The Bertz CT molecular complexity index is 801. The fourth-order valence-electron chi connectivity index (χ4n) is 3.17.